The van der Waals surface area contributed by atoms with Gasteiger partial charge in [0.1, 0.15) is 0 Å². The predicted octanol–water partition coefficient (Wildman–Crippen LogP) is 3.88. The average molecular weight is 337 g/mol. The number of benzene rings is 2. The molecule has 1 saturated heterocycles. The first-order chi connectivity index (χ1) is 12.2. The zero-order valence-corrected chi connectivity index (χ0v) is 14.7. The number of likely N-dealkylation sites (tertiary alicyclic amines) is 1. The summed E-state index contributed by atoms with van der Waals surface area (Å²) in [7, 11) is 0. The van der Waals surface area contributed by atoms with Crippen LogP contribution in [0.4, 0.5) is 0 Å². The number of hydrogen-bond donors (Lipinski definition) is 1. The van der Waals surface area contributed by atoms with Crippen LogP contribution in [-0.4, -0.2) is 35.6 Å². The summed E-state index contributed by atoms with van der Waals surface area (Å²) in [6, 6.07) is 21.4. The molecule has 3 heteroatoms. The molecule has 1 heterocycles. The second-order valence-corrected chi connectivity index (χ2v) is 7.16. The second-order valence-electron chi connectivity index (χ2n) is 7.16. The summed E-state index contributed by atoms with van der Waals surface area (Å²) in [5.74, 6) is -0.242. The summed E-state index contributed by atoms with van der Waals surface area (Å²) in [6.45, 7) is 2.84. The summed E-state index contributed by atoms with van der Waals surface area (Å²) in [5.41, 5.74) is 2.76. The number of rotatable bonds is 7. The largest absolute Gasteiger partial charge is 0.481 e. The van der Waals surface area contributed by atoms with Gasteiger partial charge in [-0.1, -0.05) is 60.7 Å². The maximum atomic E-state index is 11.1. The fourth-order valence-corrected chi connectivity index (χ4v) is 3.82. The molecule has 132 valence electrons. The smallest absolute Gasteiger partial charge is 0.306 e. The number of hydrogen-bond acceptors (Lipinski definition) is 2. The summed E-state index contributed by atoms with van der Waals surface area (Å²) < 4.78 is 0. The highest BCUT2D eigenvalue weighted by Crippen LogP contribution is 2.21. The lowest BCUT2D eigenvalue weighted by Gasteiger charge is -2.33. The third-order valence-electron chi connectivity index (χ3n) is 5.19. The molecule has 2 aromatic rings. The van der Waals surface area contributed by atoms with Gasteiger partial charge in [-0.15, -0.1) is 0 Å². The number of carboxylic acids is 1. The molecule has 0 unspecified atom stereocenters. The first-order valence-electron chi connectivity index (χ1n) is 9.23. The molecule has 3 nitrogen and oxygen atoms in total. The van der Waals surface area contributed by atoms with E-state index in [1.165, 1.54) is 11.1 Å². The minimum atomic E-state index is -0.634. The van der Waals surface area contributed by atoms with Crippen molar-refractivity contribution in [2.75, 3.05) is 19.6 Å². The van der Waals surface area contributed by atoms with E-state index in [1.807, 2.05) is 0 Å². The third-order valence-corrected chi connectivity index (χ3v) is 5.19. The van der Waals surface area contributed by atoms with Crippen LogP contribution in [0.25, 0.3) is 0 Å². The quantitative estimate of drug-likeness (QED) is 0.833. The van der Waals surface area contributed by atoms with Gasteiger partial charge in [-0.05, 0) is 55.8 Å². The van der Waals surface area contributed by atoms with E-state index < -0.39 is 5.97 Å². The van der Waals surface area contributed by atoms with E-state index in [-0.39, 0.29) is 5.92 Å². The van der Waals surface area contributed by atoms with Crippen LogP contribution < -0.4 is 0 Å². The predicted molar refractivity (Wildman–Crippen MR) is 101 cm³/mol. The zero-order valence-electron chi connectivity index (χ0n) is 14.7. The van der Waals surface area contributed by atoms with Crippen molar-refractivity contribution in [1.29, 1.82) is 0 Å². The van der Waals surface area contributed by atoms with E-state index >= 15 is 0 Å². The van der Waals surface area contributed by atoms with Crippen molar-refractivity contribution in [1.82, 2.24) is 4.90 Å². The van der Waals surface area contributed by atoms with Gasteiger partial charge in [-0.3, -0.25) is 4.79 Å². The Morgan fingerprint density at radius 1 is 0.920 bits per heavy atom. The fourth-order valence-electron chi connectivity index (χ4n) is 3.82. The molecule has 1 N–H and O–H groups in total. The number of carboxylic acid groups (broad SMARTS) is 1. The van der Waals surface area contributed by atoms with E-state index in [0.29, 0.717) is 5.92 Å². The lowest BCUT2D eigenvalue weighted by molar-refractivity contribution is -0.143. The van der Waals surface area contributed by atoms with Gasteiger partial charge in [0.2, 0.25) is 0 Å². The standard InChI is InChI=1S/C22H27NO2/c24-22(25)21-11-13-23(14-12-21)17-20(15-18-7-3-1-4-8-18)16-19-9-5-2-6-10-19/h1-10,20-21H,11-17H2,(H,24,25). The van der Waals surface area contributed by atoms with Crippen LogP contribution >= 0.6 is 0 Å². The van der Waals surface area contributed by atoms with Gasteiger partial charge in [0.25, 0.3) is 0 Å². The van der Waals surface area contributed by atoms with Gasteiger partial charge in [0.05, 0.1) is 5.92 Å². The minimum Gasteiger partial charge on any atom is -0.481 e. The lowest BCUT2D eigenvalue weighted by Crippen LogP contribution is -2.39. The fraction of sp³-hybridized carbons (Fsp3) is 0.409. The molecule has 2 aromatic carbocycles. The molecule has 1 fully saturated rings. The van der Waals surface area contributed by atoms with Crippen LogP contribution in [0.5, 0.6) is 0 Å². The van der Waals surface area contributed by atoms with Crippen molar-refractivity contribution in [2.24, 2.45) is 11.8 Å². The molecule has 3 rings (SSSR count). The minimum absolute atomic E-state index is 0.155. The van der Waals surface area contributed by atoms with Crippen LogP contribution in [0.15, 0.2) is 60.7 Å². The first-order valence-corrected chi connectivity index (χ1v) is 9.23. The third kappa shape index (κ3) is 5.43. The van der Waals surface area contributed by atoms with E-state index in [9.17, 15) is 9.90 Å². The number of piperidine rings is 1. The van der Waals surface area contributed by atoms with Crippen molar-refractivity contribution in [3.63, 3.8) is 0 Å². The van der Waals surface area contributed by atoms with Crippen molar-refractivity contribution in [2.45, 2.75) is 25.7 Å². The van der Waals surface area contributed by atoms with Gasteiger partial charge < -0.3 is 10.0 Å². The SMILES string of the molecule is O=C(O)C1CCN(CC(Cc2ccccc2)Cc2ccccc2)CC1. The second kappa shape index (κ2) is 8.82. The van der Waals surface area contributed by atoms with Gasteiger partial charge in [0, 0.05) is 6.54 Å². The van der Waals surface area contributed by atoms with Gasteiger partial charge in [-0.2, -0.15) is 0 Å². The molecule has 0 bridgehead atoms. The van der Waals surface area contributed by atoms with Crippen LogP contribution in [0.2, 0.25) is 0 Å². The van der Waals surface area contributed by atoms with Gasteiger partial charge in [0.15, 0.2) is 0 Å². The Bertz CT molecular complexity index is 607. The van der Waals surface area contributed by atoms with Crippen molar-refractivity contribution >= 4 is 5.97 Å². The number of carbonyl (C=O) groups is 1. The normalized spacial score (nSPS) is 16.2. The van der Waals surface area contributed by atoms with E-state index in [4.69, 9.17) is 0 Å². The van der Waals surface area contributed by atoms with Crippen LogP contribution in [-0.2, 0) is 17.6 Å². The molecule has 0 saturated carbocycles. The van der Waals surface area contributed by atoms with Gasteiger partial charge in [-0.25, -0.2) is 0 Å². The van der Waals surface area contributed by atoms with Crippen LogP contribution in [0.1, 0.15) is 24.0 Å². The summed E-state index contributed by atoms with van der Waals surface area (Å²) in [6.07, 6.45) is 3.68. The van der Waals surface area contributed by atoms with Crippen LogP contribution in [0, 0.1) is 11.8 Å². The Morgan fingerprint density at radius 3 is 1.84 bits per heavy atom. The highest BCUT2D eigenvalue weighted by Gasteiger charge is 2.26. The summed E-state index contributed by atoms with van der Waals surface area (Å²) in [4.78, 5) is 13.6. The van der Waals surface area contributed by atoms with Gasteiger partial charge >= 0.3 is 5.97 Å². The topological polar surface area (TPSA) is 40.5 Å². The monoisotopic (exact) mass is 337 g/mol. The first kappa shape index (κ1) is 17.7. The Balaban J connectivity index is 1.63. The van der Waals surface area contributed by atoms with E-state index in [2.05, 4.69) is 65.6 Å². The zero-order chi connectivity index (χ0) is 17.5. The van der Waals surface area contributed by atoms with E-state index in [0.717, 1.165) is 45.3 Å². The van der Waals surface area contributed by atoms with Crippen molar-refractivity contribution in [3.05, 3.63) is 71.8 Å². The number of aliphatic carboxylic acids is 1. The highest BCUT2D eigenvalue weighted by atomic mass is 16.4. The molecule has 0 aliphatic carbocycles. The molecule has 1 aliphatic rings. The molecular formula is C22H27NO2. The molecule has 0 atom stereocenters. The summed E-state index contributed by atoms with van der Waals surface area (Å²) in [5, 5.41) is 9.18. The maximum absolute atomic E-state index is 11.1. The Hall–Kier alpha value is -2.13. The molecule has 0 aromatic heterocycles. The molecule has 0 spiro atoms. The van der Waals surface area contributed by atoms with Crippen molar-refractivity contribution < 1.29 is 9.90 Å². The molecule has 1 aliphatic heterocycles. The molecule has 0 radical (unpaired) electrons. The Morgan fingerprint density at radius 2 is 1.40 bits per heavy atom. The van der Waals surface area contributed by atoms with Crippen LogP contribution in [0.3, 0.4) is 0 Å². The summed E-state index contributed by atoms with van der Waals surface area (Å²) >= 11 is 0. The number of nitrogens with zero attached hydrogens (tertiary/aromatic N) is 1. The average Bonchev–Trinajstić information content (AvgIpc) is 2.64. The highest BCUT2D eigenvalue weighted by molar-refractivity contribution is 5.70. The lowest BCUT2D eigenvalue weighted by atomic mass is 9.90. The maximum Gasteiger partial charge on any atom is 0.306 e. The molecule has 25 heavy (non-hydrogen) atoms. The molecular weight excluding hydrogens is 310 g/mol. The van der Waals surface area contributed by atoms with Crippen molar-refractivity contribution in [3.8, 4) is 0 Å². The van der Waals surface area contributed by atoms with E-state index in [1.54, 1.807) is 0 Å². The Labute approximate surface area is 150 Å². The Kier molecular flexibility index (Phi) is 6.24. The molecule has 0 amide bonds.